The lowest BCUT2D eigenvalue weighted by Crippen LogP contribution is -2.19. The second-order valence-electron chi connectivity index (χ2n) is 3.33. The van der Waals surface area contributed by atoms with Crippen LogP contribution >= 0.6 is 28.1 Å². The lowest BCUT2D eigenvalue weighted by molar-refractivity contribution is 0.768. The first-order chi connectivity index (χ1) is 8.13. The summed E-state index contributed by atoms with van der Waals surface area (Å²) < 4.78 is 2.45. The first-order valence-corrected chi connectivity index (χ1v) is 6.03. The zero-order valence-corrected chi connectivity index (χ0v) is 11.4. The quantitative estimate of drug-likeness (QED) is 0.659. The van der Waals surface area contributed by atoms with Gasteiger partial charge in [0.25, 0.3) is 0 Å². The fourth-order valence-corrected chi connectivity index (χ4v) is 1.81. The van der Waals surface area contributed by atoms with E-state index in [4.69, 9.17) is 12.2 Å². The number of hydrogen-bond donors (Lipinski definition) is 2. The molecule has 2 aromatic rings. The van der Waals surface area contributed by atoms with Crippen molar-refractivity contribution < 1.29 is 0 Å². The summed E-state index contributed by atoms with van der Waals surface area (Å²) in [6.45, 7) is 0. The van der Waals surface area contributed by atoms with Crippen molar-refractivity contribution in [1.29, 1.82) is 0 Å². The van der Waals surface area contributed by atoms with Crippen LogP contribution in [-0.4, -0.2) is 19.9 Å². The summed E-state index contributed by atoms with van der Waals surface area (Å²) in [5, 5.41) is 10.5. The number of nitrogens with zero attached hydrogens (tertiary/aromatic N) is 3. The van der Waals surface area contributed by atoms with E-state index >= 15 is 0 Å². The Morgan fingerprint density at radius 2 is 2.24 bits per heavy atom. The van der Waals surface area contributed by atoms with Crippen molar-refractivity contribution in [3.63, 3.8) is 0 Å². The molecule has 88 valence electrons. The number of pyridine rings is 1. The summed E-state index contributed by atoms with van der Waals surface area (Å²) in [5.74, 6) is 0.681. The molecule has 2 aromatic heterocycles. The fraction of sp³-hybridized carbons (Fsp3) is 0.100. The lowest BCUT2D eigenvalue weighted by atomic mass is 10.5. The van der Waals surface area contributed by atoms with Gasteiger partial charge in [0.15, 0.2) is 5.11 Å². The predicted octanol–water partition coefficient (Wildman–Crippen LogP) is 2.39. The SMILES string of the molecule is Cn1cc(NC(=S)Nc2cccc(Br)n2)cn1. The summed E-state index contributed by atoms with van der Waals surface area (Å²) >= 11 is 8.45. The van der Waals surface area contributed by atoms with Crippen LogP contribution < -0.4 is 10.6 Å². The van der Waals surface area contributed by atoms with Crippen molar-refractivity contribution in [2.24, 2.45) is 7.05 Å². The number of thiocarbonyl (C=S) groups is 1. The van der Waals surface area contributed by atoms with Gasteiger partial charge < -0.3 is 10.6 Å². The molecule has 0 atom stereocenters. The summed E-state index contributed by atoms with van der Waals surface area (Å²) in [6.07, 6.45) is 3.53. The van der Waals surface area contributed by atoms with E-state index in [1.54, 1.807) is 10.9 Å². The maximum atomic E-state index is 5.16. The van der Waals surface area contributed by atoms with Gasteiger partial charge in [0.1, 0.15) is 10.4 Å². The molecule has 0 aliphatic carbocycles. The van der Waals surface area contributed by atoms with Gasteiger partial charge in [-0.3, -0.25) is 4.68 Å². The van der Waals surface area contributed by atoms with E-state index in [2.05, 4.69) is 36.6 Å². The number of aromatic nitrogens is 3. The Bertz CT molecular complexity index is 539. The molecular weight excluding hydrogens is 302 g/mol. The molecular formula is C10H10BrN5S. The number of aryl methyl sites for hydroxylation is 1. The zero-order valence-electron chi connectivity index (χ0n) is 9.01. The molecule has 0 aromatic carbocycles. The minimum atomic E-state index is 0.476. The molecule has 0 fully saturated rings. The minimum absolute atomic E-state index is 0.476. The molecule has 7 heteroatoms. The number of nitrogens with one attached hydrogen (secondary N) is 2. The van der Waals surface area contributed by atoms with Crippen molar-refractivity contribution in [1.82, 2.24) is 14.8 Å². The monoisotopic (exact) mass is 311 g/mol. The van der Waals surface area contributed by atoms with Crippen molar-refractivity contribution in [3.05, 3.63) is 35.2 Å². The van der Waals surface area contributed by atoms with Gasteiger partial charge in [0, 0.05) is 13.2 Å². The highest BCUT2D eigenvalue weighted by Gasteiger charge is 2.01. The Balaban J connectivity index is 1.98. The molecule has 5 nitrogen and oxygen atoms in total. The van der Waals surface area contributed by atoms with Crippen LogP contribution in [-0.2, 0) is 7.05 Å². The van der Waals surface area contributed by atoms with Crippen LogP contribution in [0.15, 0.2) is 35.2 Å². The first kappa shape index (κ1) is 12.0. The molecule has 2 heterocycles. The predicted molar refractivity (Wildman–Crippen MR) is 75.0 cm³/mol. The third kappa shape index (κ3) is 3.50. The van der Waals surface area contributed by atoms with E-state index in [9.17, 15) is 0 Å². The Morgan fingerprint density at radius 1 is 1.41 bits per heavy atom. The first-order valence-electron chi connectivity index (χ1n) is 4.83. The molecule has 0 aliphatic rings. The van der Waals surface area contributed by atoms with Crippen LogP contribution in [0.2, 0.25) is 0 Å². The smallest absolute Gasteiger partial charge is 0.176 e. The Hall–Kier alpha value is -1.47. The average Bonchev–Trinajstić information content (AvgIpc) is 2.63. The van der Waals surface area contributed by atoms with E-state index in [1.165, 1.54) is 0 Å². The van der Waals surface area contributed by atoms with Gasteiger partial charge in [-0.15, -0.1) is 0 Å². The normalized spacial score (nSPS) is 10.0. The van der Waals surface area contributed by atoms with Crippen molar-refractivity contribution in [3.8, 4) is 0 Å². The van der Waals surface area contributed by atoms with Gasteiger partial charge in [-0.25, -0.2) is 4.98 Å². The molecule has 17 heavy (non-hydrogen) atoms. The molecule has 0 unspecified atom stereocenters. The Morgan fingerprint density at radius 3 is 2.88 bits per heavy atom. The van der Waals surface area contributed by atoms with Crippen molar-refractivity contribution in [2.75, 3.05) is 10.6 Å². The molecule has 0 saturated heterocycles. The number of hydrogen-bond acceptors (Lipinski definition) is 3. The second kappa shape index (κ2) is 5.24. The van der Waals surface area contributed by atoms with Gasteiger partial charge in [0.05, 0.1) is 11.9 Å². The fourth-order valence-electron chi connectivity index (χ4n) is 1.24. The summed E-state index contributed by atoms with van der Waals surface area (Å²) in [7, 11) is 1.84. The highest BCUT2D eigenvalue weighted by Crippen LogP contribution is 2.11. The van der Waals surface area contributed by atoms with Gasteiger partial charge in [-0.2, -0.15) is 5.10 Å². The molecule has 0 radical (unpaired) electrons. The van der Waals surface area contributed by atoms with Crippen LogP contribution in [0.25, 0.3) is 0 Å². The highest BCUT2D eigenvalue weighted by molar-refractivity contribution is 9.10. The molecule has 2 N–H and O–H groups in total. The van der Waals surface area contributed by atoms with Gasteiger partial charge in [-0.1, -0.05) is 6.07 Å². The molecule has 2 rings (SSSR count). The van der Waals surface area contributed by atoms with E-state index in [0.717, 1.165) is 10.3 Å². The van der Waals surface area contributed by atoms with Crippen LogP contribution in [0.5, 0.6) is 0 Å². The van der Waals surface area contributed by atoms with Crippen LogP contribution in [0.3, 0.4) is 0 Å². The molecule has 0 spiro atoms. The zero-order chi connectivity index (χ0) is 12.3. The molecule has 0 aliphatic heterocycles. The van der Waals surface area contributed by atoms with Crippen LogP contribution in [0.4, 0.5) is 11.5 Å². The third-order valence-corrected chi connectivity index (χ3v) is 2.57. The van der Waals surface area contributed by atoms with Gasteiger partial charge >= 0.3 is 0 Å². The topological polar surface area (TPSA) is 54.8 Å². The van der Waals surface area contributed by atoms with E-state index in [0.29, 0.717) is 10.9 Å². The molecule has 0 amide bonds. The van der Waals surface area contributed by atoms with Gasteiger partial charge in [0.2, 0.25) is 0 Å². The van der Waals surface area contributed by atoms with E-state index < -0.39 is 0 Å². The summed E-state index contributed by atoms with van der Waals surface area (Å²) in [5.41, 5.74) is 0.833. The van der Waals surface area contributed by atoms with Crippen molar-refractivity contribution >= 4 is 44.8 Å². The highest BCUT2D eigenvalue weighted by atomic mass is 79.9. The second-order valence-corrected chi connectivity index (χ2v) is 4.55. The Kier molecular flexibility index (Phi) is 3.70. The van der Waals surface area contributed by atoms with Crippen LogP contribution in [0, 0.1) is 0 Å². The average molecular weight is 312 g/mol. The summed E-state index contributed by atoms with van der Waals surface area (Å²) in [6, 6.07) is 5.57. The maximum absolute atomic E-state index is 5.16. The third-order valence-electron chi connectivity index (χ3n) is 1.92. The molecule has 0 saturated carbocycles. The van der Waals surface area contributed by atoms with Gasteiger partial charge in [-0.05, 0) is 40.3 Å². The number of halogens is 1. The van der Waals surface area contributed by atoms with Crippen LogP contribution in [0.1, 0.15) is 0 Å². The van der Waals surface area contributed by atoms with Crippen molar-refractivity contribution in [2.45, 2.75) is 0 Å². The largest absolute Gasteiger partial charge is 0.330 e. The Labute approximate surface area is 112 Å². The van der Waals surface area contributed by atoms with E-state index in [1.807, 2.05) is 31.4 Å². The summed E-state index contributed by atoms with van der Waals surface area (Å²) in [4.78, 5) is 4.22. The molecule has 0 bridgehead atoms. The lowest BCUT2D eigenvalue weighted by Gasteiger charge is -2.07. The van der Waals surface area contributed by atoms with E-state index in [-0.39, 0.29) is 0 Å². The standard InChI is InChI=1S/C10H10BrN5S/c1-16-6-7(5-12-16)13-10(17)15-9-4-2-3-8(11)14-9/h2-6H,1H3,(H2,13,14,15,17). The minimum Gasteiger partial charge on any atom is -0.330 e. The number of anilines is 2. The number of rotatable bonds is 2. The maximum Gasteiger partial charge on any atom is 0.176 e.